The Hall–Kier alpha value is -4.08. The summed E-state index contributed by atoms with van der Waals surface area (Å²) >= 11 is 12.1. The second-order valence-corrected chi connectivity index (χ2v) is 8.10. The van der Waals surface area contributed by atoms with Gasteiger partial charge in [-0.15, -0.1) is 0 Å². The topological polar surface area (TPSA) is 132 Å². The van der Waals surface area contributed by atoms with Gasteiger partial charge in [0.2, 0.25) is 5.91 Å². The summed E-state index contributed by atoms with van der Waals surface area (Å²) in [4.78, 5) is 35.2. The number of nitrogens with two attached hydrogens (primary N) is 1. The van der Waals surface area contributed by atoms with Crippen LogP contribution in [0.15, 0.2) is 65.8 Å². The van der Waals surface area contributed by atoms with Gasteiger partial charge in [0.05, 0.1) is 12.8 Å². The normalized spacial score (nSPS) is 10.6. The summed E-state index contributed by atoms with van der Waals surface area (Å²) < 4.78 is 11.5. The van der Waals surface area contributed by atoms with Crippen molar-refractivity contribution in [3.63, 3.8) is 0 Å². The molecule has 36 heavy (non-hydrogen) atoms. The van der Waals surface area contributed by atoms with Crippen molar-refractivity contribution in [3.8, 4) is 11.5 Å². The van der Waals surface area contributed by atoms with Crippen molar-refractivity contribution in [2.75, 3.05) is 11.9 Å². The summed E-state index contributed by atoms with van der Waals surface area (Å²) in [5, 5.41) is 7.23. The first-order chi connectivity index (χ1) is 17.3. The lowest BCUT2D eigenvalue weighted by atomic mass is 10.2. The number of anilines is 1. The average molecular weight is 529 g/mol. The third kappa shape index (κ3) is 7.46. The van der Waals surface area contributed by atoms with Crippen LogP contribution in [0.4, 0.5) is 5.69 Å². The minimum absolute atomic E-state index is 0.208. The number of amides is 3. The number of nitrogens with zero attached hydrogens (tertiary/aromatic N) is 1. The fourth-order valence-electron chi connectivity index (χ4n) is 2.91. The lowest BCUT2D eigenvalue weighted by Crippen LogP contribution is -2.32. The van der Waals surface area contributed by atoms with Crippen LogP contribution < -0.4 is 25.9 Å². The molecule has 11 heteroatoms. The second kappa shape index (κ2) is 12.6. The highest BCUT2D eigenvalue weighted by Crippen LogP contribution is 2.30. The Morgan fingerprint density at radius 3 is 2.36 bits per heavy atom. The van der Waals surface area contributed by atoms with E-state index in [-0.39, 0.29) is 12.2 Å². The smallest absolute Gasteiger partial charge is 0.329 e. The Kier molecular flexibility index (Phi) is 9.26. The van der Waals surface area contributed by atoms with Gasteiger partial charge in [0, 0.05) is 26.9 Å². The lowest BCUT2D eigenvalue weighted by Gasteiger charge is -2.13. The molecule has 0 aromatic heterocycles. The van der Waals surface area contributed by atoms with Gasteiger partial charge < -0.3 is 20.5 Å². The number of rotatable bonds is 9. The molecule has 0 aliphatic carbocycles. The van der Waals surface area contributed by atoms with Crippen molar-refractivity contribution < 1.29 is 23.9 Å². The molecular weight excluding hydrogens is 507 g/mol. The van der Waals surface area contributed by atoms with E-state index in [9.17, 15) is 14.4 Å². The number of carbonyl (C=O) groups excluding carboxylic acids is 3. The summed E-state index contributed by atoms with van der Waals surface area (Å²) in [6.07, 6.45) is 1.36. The molecule has 4 N–H and O–H groups in total. The summed E-state index contributed by atoms with van der Waals surface area (Å²) in [7, 11) is 0. The van der Waals surface area contributed by atoms with Crippen LogP contribution >= 0.6 is 23.2 Å². The Balaban J connectivity index is 1.59. The molecule has 3 amide bonds. The van der Waals surface area contributed by atoms with Gasteiger partial charge >= 0.3 is 11.8 Å². The number of halogens is 2. The van der Waals surface area contributed by atoms with Crippen LogP contribution in [-0.4, -0.2) is 30.5 Å². The minimum Gasteiger partial charge on any atom is -0.490 e. The maximum absolute atomic E-state index is 12.0. The number of nitrogens with one attached hydrogen (secondary N) is 2. The van der Waals surface area contributed by atoms with Crippen LogP contribution in [0.25, 0.3) is 0 Å². The van der Waals surface area contributed by atoms with E-state index in [0.29, 0.717) is 39.4 Å². The first kappa shape index (κ1) is 26.5. The van der Waals surface area contributed by atoms with Crippen LogP contribution in [0.1, 0.15) is 28.4 Å². The number of hydrogen-bond acceptors (Lipinski definition) is 6. The highest BCUT2D eigenvalue weighted by atomic mass is 35.5. The molecule has 0 radical (unpaired) electrons. The van der Waals surface area contributed by atoms with Crippen LogP contribution in [0.2, 0.25) is 10.0 Å². The van der Waals surface area contributed by atoms with Gasteiger partial charge in [-0.25, -0.2) is 5.43 Å². The van der Waals surface area contributed by atoms with Crippen molar-refractivity contribution in [1.82, 2.24) is 5.43 Å². The van der Waals surface area contributed by atoms with Gasteiger partial charge in [0.25, 0.3) is 0 Å². The number of hydrogen-bond donors (Lipinski definition) is 3. The first-order valence-electron chi connectivity index (χ1n) is 10.6. The molecule has 0 spiro atoms. The molecule has 0 fully saturated rings. The number of hydrazone groups is 1. The molecule has 0 unspecified atom stereocenters. The summed E-state index contributed by atoms with van der Waals surface area (Å²) in [5.41, 5.74) is 9.28. The zero-order valence-corrected chi connectivity index (χ0v) is 20.6. The molecule has 9 nitrogen and oxygen atoms in total. The second-order valence-electron chi connectivity index (χ2n) is 7.26. The Bertz CT molecular complexity index is 1300. The quantitative estimate of drug-likeness (QED) is 0.218. The molecule has 0 aliphatic heterocycles. The summed E-state index contributed by atoms with van der Waals surface area (Å²) in [6.45, 7) is 2.44. The lowest BCUT2D eigenvalue weighted by molar-refractivity contribution is -0.136. The highest BCUT2D eigenvalue weighted by molar-refractivity contribution is 6.39. The Morgan fingerprint density at radius 2 is 1.69 bits per heavy atom. The van der Waals surface area contributed by atoms with Gasteiger partial charge in [0.1, 0.15) is 6.61 Å². The van der Waals surface area contributed by atoms with Gasteiger partial charge in [-0.1, -0.05) is 29.3 Å². The molecule has 3 aromatic rings. The Morgan fingerprint density at radius 1 is 0.944 bits per heavy atom. The SMILES string of the molecule is CCOc1cc(/C=N/NC(=O)C(=O)Nc2ccc(C(N)=O)cc2)ccc1OCc1ccc(Cl)cc1Cl. The van der Waals surface area contributed by atoms with Crippen molar-refractivity contribution >= 4 is 52.8 Å². The molecule has 3 aromatic carbocycles. The monoisotopic (exact) mass is 528 g/mol. The molecule has 0 bridgehead atoms. The van der Waals surface area contributed by atoms with Crippen LogP contribution in [0, 0.1) is 0 Å². The van der Waals surface area contributed by atoms with E-state index in [1.54, 1.807) is 36.4 Å². The van der Waals surface area contributed by atoms with E-state index in [1.807, 2.05) is 6.92 Å². The zero-order valence-electron chi connectivity index (χ0n) is 19.1. The molecule has 0 saturated heterocycles. The van der Waals surface area contributed by atoms with Crippen LogP contribution in [0.5, 0.6) is 11.5 Å². The maximum atomic E-state index is 12.0. The van der Waals surface area contributed by atoms with Crippen LogP contribution in [0.3, 0.4) is 0 Å². The third-order valence-electron chi connectivity index (χ3n) is 4.68. The van der Waals surface area contributed by atoms with Gasteiger partial charge in [0.15, 0.2) is 11.5 Å². The van der Waals surface area contributed by atoms with Gasteiger partial charge in [-0.2, -0.15) is 5.10 Å². The summed E-state index contributed by atoms with van der Waals surface area (Å²) in [5.74, 6) is -1.55. The first-order valence-corrected chi connectivity index (χ1v) is 11.4. The number of carbonyl (C=O) groups is 3. The summed E-state index contributed by atoms with van der Waals surface area (Å²) in [6, 6.07) is 16.0. The van der Waals surface area contributed by atoms with Crippen molar-refractivity contribution in [2.45, 2.75) is 13.5 Å². The standard InChI is InChI=1S/C25H22Cl2N4O5/c1-2-35-22-11-15(3-10-21(22)36-14-17-4-7-18(26)12-20(17)27)13-29-31-25(34)24(33)30-19-8-5-16(6-9-19)23(28)32/h3-13H,2,14H2,1H3,(H2,28,32)(H,30,33)(H,31,34)/b29-13+. The molecule has 0 atom stereocenters. The van der Waals surface area contributed by atoms with E-state index >= 15 is 0 Å². The van der Waals surface area contributed by atoms with Gasteiger partial charge in [-0.05, 0) is 67.1 Å². The van der Waals surface area contributed by atoms with E-state index in [1.165, 1.54) is 30.5 Å². The van der Waals surface area contributed by atoms with E-state index in [2.05, 4.69) is 15.8 Å². The maximum Gasteiger partial charge on any atom is 0.329 e. The highest BCUT2D eigenvalue weighted by Gasteiger charge is 2.13. The predicted octanol–water partition coefficient (Wildman–Crippen LogP) is 4.16. The van der Waals surface area contributed by atoms with E-state index in [4.69, 9.17) is 38.4 Å². The number of ether oxygens (including phenoxy) is 2. The molecular formula is C25H22Cl2N4O5. The minimum atomic E-state index is -0.977. The predicted molar refractivity (Wildman–Crippen MR) is 138 cm³/mol. The zero-order chi connectivity index (χ0) is 26.1. The van der Waals surface area contributed by atoms with Crippen molar-refractivity contribution in [2.24, 2.45) is 10.8 Å². The number of benzene rings is 3. The van der Waals surface area contributed by atoms with E-state index in [0.717, 1.165) is 5.56 Å². The van der Waals surface area contributed by atoms with Gasteiger partial charge in [-0.3, -0.25) is 14.4 Å². The Labute approximate surface area is 217 Å². The van der Waals surface area contributed by atoms with E-state index < -0.39 is 17.7 Å². The number of primary amides is 1. The molecule has 0 aliphatic rings. The van der Waals surface area contributed by atoms with Crippen LogP contribution in [-0.2, 0) is 16.2 Å². The fraction of sp³-hybridized carbons (Fsp3) is 0.120. The molecule has 0 saturated carbocycles. The largest absolute Gasteiger partial charge is 0.490 e. The molecule has 0 heterocycles. The molecule has 3 rings (SSSR count). The third-order valence-corrected chi connectivity index (χ3v) is 5.27. The van der Waals surface area contributed by atoms with Crippen molar-refractivity contribution in [3.05, 3.63) is 87.4 Å². The fourth-order valence-corrected chi connectivity index (χ4v) is 3.37. The molecule has 186 valence electrons. The van der Waals surface area contributed by atoms with Crippen molar-refractivity contribution in [1.29, 1.82) is 0 Å². The average Bonchev–Trinajstić information content (AvgIpc) is 2.85.